The van der Waals surface area contributed by atoms with Crippen LogP contribution in [0.3, 0.4) is 0 Å². The van der Waals surface area contributed by atoms with E-state index in [0.717, 1.165) is 31.2 Å². The molecule has 90 valence electrons. The van der Waals surface area contributed by atoms with Crippen molar-refractivity contribution in [1.82, 2.24) is 0 Å². The minimum Gasteiger partial charge on any atom is -0.504 e. The lowest BCUT2D eigenvalue weighted by Crippen LogP contribution is -2.19. The van der Waals surface area contributed by atoms with E-state index < -0.39 is 0 Å². The zero-order valence-electron chi connectivity index (χ0n) is 9.93. The molecule has 0 heterocycles. The molecule has 1 N–H and O–H groups in total. The highest BCUT2D eigenvalue weighted by atomic mass is 16.3. The monoisotopic (exact) mass is 230 g/mol. The van der Waals surface area contributed by atoms with E-state index >= 15 is 0 Å². The number of benzene rings is 1. The minimum atomic E-state index is -0.0944. The summed E-state index contributed by atoms with van der Waals surface area (Å²) in [4.78, 5) is 12.0. The van der Waals surface area contributed by atoms with Crippen LogP contribution in [0.15, 0.2) is 36.1 Å². The number of carbonyl (C=O) groups excluding carboxylic acids is 1. The molecular formula is C15H18O2. The molecule has 1 aliphatic carbocycles. The molecule has 1 saturated carbocycles. The van der Waals surface area contributed by atoms with Crippen molar-refractivity contribution < 1.29 is 9.90 Å². The average molecular weight is 230 g/mol. The molecule has 2 nitrogen and oxygen atoms in total. The molecule has 0 bridgehead atoms. The summed E-state index contributed by atoms with van der Waals surface area (Å²) in [5.41, 5.74) is 0.870. The number of Topliss-reactive ketones (excluding diaryl/α,β-unsaturated/α-hetero) is 1. The van der Waals surface area contributed by atoms with E-state index in [4.69, 9.17) is 0 Å². The van der Waals surface area contributed by atoms with Crippen LogP contribution in [0.4, 0.5) is 0 Å². The lowest BCUT2D eigenvalue weighted by atomic mass is 9.85. The Bertz CT molecular complexity index is 400. The maximum absolute atomic E-state index is 12.0. The summed E-state index contributed by atoms with van der Waals surface area (Å²) in [6.45, 7) is 0. The molecule has 0 unspecified atom stereocenters. The molecule has 2 heteroatoms. The van der Waals surface area contributed by atoms with E-state index in [1.54, 1.807) is 6.08 Å². The van der Waals surface area contributed by atoms with Gasteiger partial charge in [0.05, 0.1) is 0 Å². The Hall–Kier alpha value is -1.57. The SMILES string of the molecule is O=C(/C(O)=C/c1ccccc1)C1CCCCC1. The lowest BCUT2D eigenvalue weighted by molar-refractivity contribution is -0.122. The molecule has 0 radical (unpaired) electrons. The van der Waals surface area contributed by atoms with Crippen molar-refractivity contribution in [1.29, 1.82) is 0 Å². The van der Waals surface area contributed by atoms with Crippen LogP contribution in [-0.4, -0.2) is 10.9 Å². The Kier molecular flexibility index (Phi) is 3.97. The van der Waals surface area contributed by atoms with E-state index in [-0.39, 0.29) is 17.5 Å². The van der Waals surface area contributed by atoms with Crippen LogP contribution in [0, 0.1) is 5.92 Å². The summed E-state index contributed by atoms with van der Waals surface area (Å²) in [5.74, 6) is -0.152. The molecule has 0 spiro atoms. The Labute approximate surface area is 102 Å². The first kappa shape index (κ1) is 11.9. The molecule has 2 rings (SSSR count). The van der Waals surface area contributed by atoms with Crippen molar-refractivity contribution in [3.8, 4) is 0 Å². The quantitative estimate of drug-likeness (QED) is 0.634. The predicted octanol–water partition coefficient (Wildman–Crippen LogP) is 3.73. The summed E-state index contributed by atoms with van der Waals surface area (Å²) in [6.07, 6.45) is 6.84. The van der Waals surface area contributed by atoms with Crippen LogP contribution in [-0.2, 0) is 4.79 Å². The largest absolute Gasteiger partial charge is 0.504 e. The summed E-state index contributed by atoms with van der Waals surface area (Å²) in [7, 11) is 0. The number of rotatable bonds is 3. The summed E-state index contributed by atoms with van der Waals surface area (Å²) >= 11 is 0. The third-order valence-corrected chi connectivity index (χ3v) is 3.33. The standard InChI is InChI=1S/C15H18O2/c16-14(11-12-7-3-1-4-8-12)15(17)13-9-5-2-6-10-13/h1,3-4,7-8,11,13,16H,2,5-6,9-10H2/b14-11-. The number of ketones is 1. The zero-order chi connectivity index (χ0) is 12.1. The predicted molar refractivity (Wildman–Crippen MR) is 68.6 cm³/mol. The number of hydrogen-bond donors (Lipinski definition) is 1. The third kappa shape index (κ3) is 3.19. The lowest BCUT2D eigenvalue weighted by Gasteiger charge is -2.19. The normalized spacial score (nSPS) is 18.0. The Morgan fingerprint density at radius 2 is 1.76 bits per heavy atom. The van der Waals surface area contributed by atoms with Gasteiger partial charge in [-0.3, -0.25) is 4.79 Å². The van der Waals surface area contributed by atoms with Crippen molar-refractivity contribution in [3.63, 3.8) is 0 Å². The van der Waals surface area contributed by atoms with E-state index in [1.807, 2.05) is 30.3 Å². The van der Waals surface area contributed by atoms with Crippen LogP contribution < -0.4 is 0 Å². The molecule has 0 aliphatic heterocycles. The molecule has 0 saturated heterocycles. The highest BCUT2D eigenvalue weighted by Gasteiger charge is 2.23. The minimum absolute atomic E-state index is 0.0312. The number of aliphatic hydroxyl groups excluding tert-OH is 1. The second-order valence-electron chi connectivity index (χ2n) is 4.64. The maximum Gasteiger partial charge on any atom is 0.200 e. The van der Waals surface area contributed by atoms with Crippen molar-refractivity contribution >= 4 is 11.9 Å². The molecule has 1 aliphatic rings. The molecule has 0 aromatic heterocycles. The van der Waals surface area contributed by atoms with Crippen molar-refractivity contribution in [2.45, 2.75) is 32.1 Å². The fraction of sp³-hybridized carbons (Fsp3) is 0.400. The smallest absolute Gasteiger partial charge is 0.200 e. The first-order valence-corrected chi connectivity index (χ1v) is 6.27. The van der Waals surface area contributed by atoms with Crippen molar-refractivity contribution in [2.75, 3.05) is 0 Å². The first-order valence-electron chi connectivity index (χ1n) is 6.27. The van der Waals surface area contributed by atoms with Gasteiger partial charge in [0.15, 0.2) is 11.5 Å². The highest BCUT2D eigenvalue weighted by molar-refractivity contribution is 5.98. The van der Waals surface area contributed by atoms with Gasteiger partial charge in [-0.2, -0.15) is 0 Å². The first-order chi connectivity index (χ1) is 8.27. The Balaban J connectivity index is 2.06. The number of hydrogen-bond acceptors (Lipinski definition) is 2. The fourth-order valence-electron chi connectivity index (χ4n) is 2.35. The van der Waals surface area contributed by atoms with Gasteiger partial charge in [0.1, 0.15) is 0 Å². The van der Waals surface area contributed by atoms with E-state index in [0.29, 0.717) is 0 Å². The van der Waals surface area contributed by atoms with Crippen LogP contribution in [0.2, 0.25) is 0 Å². The number of aliphatic hydroxyl groups is 1. The second kappa shape index (κ2) is 5.67. The third-order valence-electron chi connectivity index (χ3n) is 3.33. The van der Waals surface area contributed by atoms with Gasteiger partial charge in [-0.05, 0) is 24.5 Å². The van der Waals surface area contributed by atoms with Gasteiger partial charge < -0.3 is 5.11 Å². The van der Waals surface area contributed by atoms with Gasteiger partial charge in [-0.25, -0.2) is 0 Å². The number of carbonyl (C=O) groups is 1. The van der Waals surface area contributed by atoms with Crippen LogP contribution in [0.25, 0.3) is 6.08 Å². The molecule has 0 amide bonds. The molecule has 17 heavy (non-hydrogen) atoms. The zero-order valence-corrected chi connectivity index (χ0v) is 9.93. The van der Waals surface area contributed by atoms with E-state index in [1.165, 1.54) is 6.42 Å². The molecular weight excluding hydrogens is 212 g/mol. The molecule has 1 aromatic rings. The van der Waals surface area contributed by atoms with Gasteiger partial charge in [0.25, 0.3) is 0 Å². The van der Waals surface area contributed by atoms with Gasteiger partial charge in [-0.1, -0.05) is 49.6 Å². The van der Waals surface area contributed by atoms with Crippen molar-refractivity contribution in [2.24, 2.45) is 5.92 Å². The van der Waals surface area contributed by atoms with Crippen LogP contribution >= 0.6 is 0 Å². The van der Waals surface area contributed by atoms with Gasteiger partial charge in [0.2, 0.25) is 0 Å². The second-order valence-corrected chi connectivity index (χ2v) is 4.64. The average Bonchev–Trinajstić information content (AvgIpc) is 2.40. The molecule has 0 atom stereocenters. The Morgan fingerprint density at radius 3 is 2.41 bits per heavy atom. The summed E-state index contributed by atoms with van der Waals surface area (Å²) in [6, 6.07) is 9.46. The summed E-state index contributed by atoms with van der Waals surface area (Å²) in [5, 5.41) is 9.83. The molecule has 1 aromatic carbocycles. The number of allylic oxidation sites excluding steroid dienone is 1. The van der Waals surface area contributed by atoms with E-state index in [9.17, 15) is 9.90 Å². The van der Waals surface area contributed by atoms with E-state index in [2.05, 4.69) is 0 Å². The van der Waals surface area contributed by atoms with Crippen molar-refractivity contribution in [3.05, 3.63) is 41.7 Å². The highest BCUT2D eigenvalue weighted by Crippen LogP contribution is 2.26. The molecule has 1 fully saturated rings. The Morgan fingerprint density at radius 1 is 1.12 bits per heavy atom. The van der Waals surface area contributed by atoms with Gasteiger partial charge >= 0.3 is 0 Å². The van der Waals surface area contributed by atoms with Crippen LogP contribution in [0.5, 0.6) is 0 Å². The maximum atomic E-state index is 12.0. The topological polar surface area (TPSA) is 37.3 Å². The fourth-order valence-corrected chi connectivity index (χ4v) is 2.35. The van der Waals surface area contributed by atoms with Gasteiger partial charge in [-0.15, -0.1) is 0 Å². The van der Waals surface area contributed by atoms with Crippen LogP contribution in [0.1, 0.15) is 37.7 Å². The summed E-state index contributed by atoms with van der Waals surface area (Å²) < 4.78 is 0. The van der Waals surface area contributed by atoms with Gasteiger partial charge in [0, 0.05) is 5.92 Å².